The quantitative estimate of drug-likeness (QED) is 0.217. The van der Waals surface area contributed by atoms with Crippen molar-refractivity contribution < 1.29 is 28.0 Å². The number of ether oxygens (including phenoxy) is 1. The number of hydrogen-bond donors (Lipinski definition) is 2. The molecule has 0 aliphatic heterocycles. The maximum absolute atomic E-state index is 13.6. The van der Waals surface area contributed by atoms with E-state index < -0.39 is 47.3 Å². The number of Topliss-reactive ketones (excluding diaryl/α,β-unsaturated/α-hetero) is 1. The number of fused-ring (bicyclic) bond motifs is 1. The Morgan fingerprint density at radius 3 is 2.38 bits per heavy atom. The molecule has 14 heteroatoms. The van der Waals surface area contributed by atoms with Crippen molar-refractivity contribution in [3.05, 3.63) is 88.8 Å². The van der Waals surface area contributed by atoms with Gasteiger partial charge in [-0.25, -0.2) is 14.8 Å². The van der Waals surface area contributed by atoms with E-state index in [-0.39, 0.29) is 23.3 Å². The number of rotatable bonds is 10. The van der Waals surface area contributed by atoms with Crippen LogP contribution in [0.3, 0.4) is 0 Å². The van der Waals surface area contributed by atoms with E-state index in [1.807, 2.05) is 18.2 Å². The number of hydrogen-bond acceptors (Lipinski definition) is 11. The van der Waals surface area contributed by atoms with E-state index in [2.05, 4.69) is 35.5 Å². The highest BCUT2D eigenvalue weighted by Gasteiger charge is 2.37. The zero-order valence-corrected chi connectivity index (χ0v) is 25.2. The fourth-order valence-corrected chi connectivity index (χ4v) is 4.54. The predicted molar refractivity (Wildman–Crippen MR) is 161 cm³/mol. The third-order valence-corrected chi connectivity index (χ3v) is 7.07. The molecular formula is C31H31N7O7. The SMILES string of the molecule is COC(=O)Nc1cnc(-c2ccccc2)n(CC(=O)N[C@@H](C(=O)c2nnc(C(C)(C)c3nc4ccccc4o3)o2)C(C)C)c1=O. The van der Waals surface area contributed by atoms with Crippen LogP contribution in [0.4, 0.5) is 10.5 Å². The topological polar surface area (TPSA) is 184 Å². The second kappa shape index (κ2) is 12.5. The van der Waals surface area contributed by atoms with Crippen LogP contribution < -0.4 is 16.2 Å². The van der Waals surface area contributed by atoms with Gasteiger partial charge in [-0.1, -0.05) is 56.3 Å². The second-order valence-electron chi connectivity index (χ2n) is 11.0. The average molecular weight is 614 g/mol. The minimum absolute atomic E-state index is 0.103. The van der Waals surface area contributed by atoms with Crippen LogP contribution in [0.5, 0.6) is 0 Å². The molecule has 0 unspecified atom stereocenters. The molecule has 3 heterocycles. The summed E-state index contributed by atoms with van der Waals surface area (Å²) in [6, 6.07) is 15.0. The first-order chi connectivity index (χ1) is 21.5. The van der Waals surface area contributed by atoms with E-state index in [0.717, 1.165) is 11.7 Å². The van der Waals surface area contributed by atoms with Crippen LogP contribution in [0.25, 0.3) is 22.5 Å². The molecule has 0 saturated heterocycles. The van der Waals surface area contributed by atoms with E-state index in [0.29, 0.717) is 22.6 Å². The number of para-hydroxylation sites is 2. The lowest BCUT2D eigenvalue weighted by molar-refractivity contribution is -0.122. The van der Waals surface area contributed by atoms with Gasteiger partial charge in [0.1, 0.15) is 29.0 Å². The van der Waals surface area contributed by atoms with Gasteiger partial charge in [-0.05, 0) is 31.9 Å². The largest absolute Gasteiger partial charge is 0.453 e. The summed E-state index contributed by atoms with van der Waals surface area (Å²) < 4.78 is 17.4. The maximum atomic E-state index is 13.6. The lowest BCUT2D eigenvalue weighted by Crippen LogP contribution is -2.46. The van der Waals surface area contributed by atoms with Gasteiger partial charge in [0.05, 0.1) is 19.3 Å². The number of aromatic nitrogens is 5. The third-order valence-electron chi connectivity index (χ3n) is 7.07. The molecule has 0 radical (unpaired) electrons. The molecule has 2 N–H and O–H groups in total. The number of oxazole rings is 1. The monoisotopic (exact) mass is 613 g/mol. The highest BCUT2D eigenvalue weighted by atomic mass is 16.5. The van der Waals surface area contributed by atoms with Gasteiger partial charge < -0.3 is 18.9 Å². The molecule has 5 rings (SSSR count). The zero-order chi connectivity index (χ0) is 32.3. The molecule has 0 saturated carbocycles. The molecule has 14 nitrogen and oxygen atoms in total. The Bertz CT molecular complexity index is 1890. The summed E-state index contributed by atoms with van der Waals surface area (Å²) in [4.78, 5) is 60.9. The number of benzene rings is 2. The molecule has 232 valence electrons. The molecule has 3 aromatic heterocycles. The maximum Gasteiger partial charge on any atom is 0.411 e. The summed E-state index contributed by atoms with van der Waals surface area (Å²) in [6.45, 7) is 6.53. The van der Waals surface area contributed by atoms with Crippen molar-refractivity contribution in [2.24, 2.45) is 5.92 Å². The van der Waals surface area contributed by atoms with E-state index >= 15 is 0 Å². The van der Waals surface area contributed by atoms with E-state index in [4.69, 9.17) is 8.83 Å². The number of ketones is 1. The van der Waals surface area contributed by atoms with Crippen LogP contribution >= 0.6 is 0 Å². The van der Waals surface area contributed by atoms with E-state index in [1.165, 1.54) is 6.20 Å². The van der Waals surface area contributed by atoms with Gasteiger partial charge in [-0.2, -0.15) is 0 Å². The normalized spacial score (nSPS) is 12.2. The number of carbonyl (C=O) groups excluding carboxylic acids is 3. The van der Waals surface area contributed by atoms with Gasteiger partial charge >= 0.3 is 6.09 Å². The molecule has 1 atom stereocenters. The fraction of sp³-hybridized carbons (Fsp3) is 0.290. The highest BCUT2D eigenvalue weighted by molar-refractivity contribution is 5.98. The fourth-order valence-electron chi connectivity index (χ4n) is 4.54. The summed E-state index contributed by atoms with van der Waals surface area (Å²) in [7, 11) is 1.15. The first kappa shape index (κ1) is 30.8. The van der Waals surface area contributed by atoms with Gasteiger partial charge in [0, 0.05) is 5.56 Å². The van der Waals surface area contributed by atoms with Crippen LogP contribution in [0, 0.1) is 5.92 Å². The minimum Gasteiger partial charge on any atom is -0.453 e. The molecule has 2 aromatic carbocycles. The van der Waals surface area contributed by atoms with Crippen LogP contribution in [0.1, 0.15) is 50.2 Å². The van der Waals surface area contributed by atoms with E-state index in [1.54, 1.807) is 64.1 Å². The Morgan fingerprint density at radius 2 is 1.69 bits per heavy atom. The smallest absolute Gasteiger partial charge is 0.411 e. The Balaban J connectivity index is 1.39. The molecule has 5 aromatic rings. The van der Waals surface area contributed by atoms with Crippen molar-refractivity contribution in [1.29, 1.82) is 0 Å². The second-order valence-corrected chi connectivity index (χ2v) is 11.0. The Hall–Kier alpha value is -5.66. The first-order valence-electron chi connectivity index (χ1n) is 14.0. The molecule has 2 amide bonds. The molecular weight excluding hydrogens is 582 g/mol. The molecule has 0 spiro atoms. The summed E-state index contributed by atoms with van der Waals surface area (Å²) in [5, 5.41) is 13.1. The number of methoxy groups -OCH3 is 1. The van der Waals surface area contributed by atoms with Crippen molar-refractivity contribution in [2.45, 2.75) is 45.7 Å². The first-order valence-corrected chi connectivity index (χ1v) is 14.0. The Labute approximate surface area is 256 Å². The van der Waals surface area contributed by atoms with Gasteiger partial charge in [0.15, 0.2) is 5.58 Å². The van der Waals surface area contributed by atoms with Crippen LogP contribution in [-0.4, -0.2) is 55.7 Å². The van der Waals surface area contributed by atoms with Crippen LogP contribution in [0.2, 0.25) is 0 Å². The number of nitrogens with zero attached hydrogens (tertiary/aromatic N) is 5. The third kappa shape index (κ3) is 6.34. The van der Waals surface area contributed by atoms with Crippen LogP contribution in [-0.2, 0) is 21.5 Å². The van der Waals surface area contributed by atoms with Crippen molar-refractivity contribution >= 4 is 34.6 Å². The number of anilines is 1. The minimum atomic E-state index is -1.07. The summed E-state index contributed by atoms with van der Waals surface area (Å²) in [5.41, 5.74) is -0.0357. The van der Waals surface area contributed by atoms with Crippen molar-refractivity contribution in [1.82, 2.24) is 30.0 Å². The predicted octanol–water partition coefficient (Wildman–Crippen LogP) is 3.96. The van der Waals surface area contributed by atoms with Crippen molar-refractivity contribution in [2.75, 3.05) is 12.4 Å². The summed E-state index contributed by atoms with van der Waals surface area (Å²) in [6.07, 6.45) is 0.312. The van der Waals surface area contributed by atoms with Gasteiger partial charge in [-0.15, -0.1) is 10.2 Å². The number of nitrogens with one attached hydrogen (secondary N) is 2. The van der Waals surface area contributed by atoms with Crippen LogP contribution in [0.15, 0.2) is 74.4 Å². The molecule has 0 aliphatic carbocycles. The highest BCUT2D eigenvalue weighted by Crippen LogP contribution is 2.32. The van der Waals surface area contributed by atoms with Crippen molar-refractivity contribution in [3.8, 4) is 11.4 Å². The van der Waals surface area contributed by atoms with Gasteiger partial charge in [-0.3, -0.25) is 24.3 Å². The lowest BCUT2D eigenvalue weighted by Gasteiger charge is -2.21. The van der Waals surface area contributed by atoms with Gasteiger partial charge in [0.2, 0.25) is 23.5 Å². The Kier molecular flexibility index (Phi) is 8.57. The summed E-state index contributed by atoms with van der Waals surface area (Å²) in [5.74, 6) is -1.35. The average Bonchev–Trinajstić information content (AvgIpc) is 3.71. The van der Waals surface area contributed by atoms with Crippen molar-refractivity contribution in [3.63, 3.8) is 0 Å². The molecule has 45 heavy (non-hydrogen) atoms. The standard InChI is InChI=1S/C31H31N7O7/c1-17(2)23(24(40)26-36-37-29(45-26)31(3,4)28-33-19-13-9-10-14-21(19)44-28)35-22(39)16-38-25(18-11-7-6-8-12-18)32-15-20(27(38)41)34-30(42)43-5/h6-15,17,23H,16H2,1-5H3,(H,34,42)(H,35,39)/t23-/m1/s1. The number of amides is 2. The zero-order valence-electron chi connectivity index (χ0n) is 25.2. The number of carbonyl (C=O) groups is 3. The lowest BCUT2D eigenvalue weighted by atomic mass is 9.93. The molecule has 0 fully saturated rings. The summed E-state index contributed by atoms with van der Waals surface area (Å²) >= 11 is 0. The molecule has 0 aliphatic rings. The van der Waals surface area contributed by atoms with Gasteiger partial charge in [0.25, 0.3) is 11.4 Å². The Morgan fingerprint density at radius 1 is 0.978 bits per heavy atom. The van der Waals surface area contributed by atoms with E-state index in [9.17, 15) is 19.2 Å². The molecule has 0 bridgehead atoms.